The van der Waals surface area contributed by atoms with E-state index in [1.807, 2.05) is 0 Å². The van der Waals surface area contributed by atoms with E-state index in [0.29, 0.717) is 6.04 Å². The molecule has 1 saturated heterocycles. The van der Waals surface area contributed by atoms with E-state index >= 15 is 0 Å². The molecule has 3 rings (SSSR count). The maximum atomic E-state index is 4.49. The predicted octanol–water partition coefficient (Wildman–Crippen LogP) is 2.88. The van der Waals surface area contributed by atoms with Crippen molar-refractivity contribution in [3.63, 3.8) is 0 Å². The molecule has 0 radical (unpaired) electrons. The SMILES string of the molecule is Cl.c1ccc2c(N[C@@H]3CCCNC3)nsc2c1. The smallest absolute Gasteiger partial charge is 0.147 e. The number of aromatic nitrogens is 1. The Hall–Kier alpha value is -0.840. The van der Waals surface area contributed by atoms with Gasteiger partial charge in [0.2, 0.25) is 0 Å². The van der Waals surface area contributed by atoms with Gasteiger partial charge < -0.3 is 10.6 Å². The molecule has 5 heteroatoms. The number of piperidine rings is 1. The molecule has 17 heavy (non-hydrogen) atoms. The van der Waals surface area contributed by atoms with Crippen molar-refractivity contribution in [2.45, 2.75) is 18.9 Å². The lowest BCUT2D eigenvalue weighted by Crippen LogP contribution is -2.38. The summed E-state index contributed by atoms with van der Waals surface area (Å²) in [6.07, 6.45) is 2.48. The van der Waals surface area contributed by atoms with E-state index < -0.39 is 0 Å². The van der Waals surface area contributed by atoms with Gasteiger partial charge in [0.15, 0.2) is 0 Å². The highest BCUT2D eigenvalue weighted by Gasteiger charge is 2.14. The minimum atomic E-state index is 0. The number of nitrogens with zero attached hydrogens (tertiary/aromatic N) is 1. The third-order valence-corrected chi connectivity index (χ3v) is 3.84. The summed E-state index contributed by atoms with van der Waals surface area (Å²) < 4.78 is 5.75. The average Bonchev–Trinajstić information content (AvgIpc) is 2.74. The first-order valence-corrected chi connectivity index (χ1v) is 6.52. The number of benzene rings is 1. The van der Waals surface area contributed by atoms with Crippen molar-refractivity contribution in [1.82, 2.24) is 9.69 Å². The first-order chi connectivity index (χ1) is 7.93. The van der Waals surface area contributed by atoms with Gasteiger partial charge in [0, 0.05) is 18.0 Å². The van der Waals surface area contributed by atoms with Gasteiger partial charge in [-0.1, -0.05) is 12.1 Å². The zero-order valence-electron chi connectivity index (χ0n) is 9.48. The first kappa shape index (κ1) is 12.6. The van der Waals surface area contributed by atoms with Gasteiger partial charge in [0.1, 0.15) is 5.82 Å². The molecule has 1 aliphatic rings. The molecule has 1 fully saturated rings. The van der Waals surface area contributed by atoms with Gasteiger partial charge in [0.25, 0.3) is 0 Å². The fourth-order valence-electron chi connectivity index (χ4n) is 2.16. The van der Waals surface area contributed by atoms with E-state index in [4.69, 9.17) is 0 Å². The van der Waals surface area contributed by atoms with Crippen LogP contribution in [-0.4, -0.2) is 23.5 Å². The second kappa shape index (κ2) is 5.67. The normalized spacial score (nSPS) is 19.9. The summed E-state index contributed by atoms with van der Waals surface area (Å²) in [5, 5.41) is 8.20. The number of hydrogen-bond acceptors (Lipinski definition) is 4. The van der Waals surface area contributed by atoms with Crippen molar-refractivity contribution >= 4 is 39.8 Å². The van der Waals surface area contributed by atoms with Gasteiger partial charge in [-0.2, -0.15) is 4.37 Å². The monoisotopic (exact) mass is 269 g/mol. The fraction of sp³-hybridized carbons (Fsp3) is 0.417. The Morgan fingerprint density at radius 1 is 1.35 bits per heavy atom. The van der Waals surface area contributed by atoms with Gasteiger partial charge in [-0.3, -0.25) is 0 Å². The van der Waals surface area contributed by atoms with Gasteiger partial charge in [-0.25, -0.2) is 0 Å². The lowest BCUT2D eigenvalue weighted by molar-refractivity contribution is 0.479. The zero-order valence-corrected chi connectivity index (χ0v) is 11.1. The highest BCUT2D eigenvalue weighted by atomic mass is 35.5. The molecule has 2 aromatic rings. The van der Waals surface area contributed by atoms with Crippen molar-refractivity contribution in [2.24, 2.45) is 0 Å². The van der Waals surface area contributed by atoms with Crippen LogP contribution >= 0.6 is 23.9 Å². The van der Waals surface area contributed by atoms with E-state index in [1.54, 1.807) is 11.5 Å². The Morgan fingerprint density at radius 2 is 2.24 bits per heavy atom. The maximum Gasteiger partial charge on any atom is 0.147 e. The van der Waals surface area contributed by atoms with E-state index in [9.17, 15) is 0 Å². The molecule has 0 saturated carbocycles. The number of hydrogen-bond donors (Lipinski definition) is 2. The van der Waals surface area contributed by atoms with Crippen LogP contribution in [0.25, 0.3) is 10.1 Å². The third kappa shape index (κ3) is 2.70. The zero-order chi connectivity index (χ0) is 10.8. The molecule has 3 nitrogen and oxygen atoms in total. The lowest BCUT2D eigenvalue weighted by atomic mass is 10.1. The predicted molar refractivity (Wildman–Crippen MR) is 76.4 cm³/mol. The molecule has 1 aromatic heterocycles. The molecular weight excluding hydrogens is 254 g/mol. The van der Waals surface area contributed by atoms with Gasteiger partial charge >= 0.3 is 0 Å². The molecule has 2 N–H and O–H groups in total. The molecule has 2 heterocycles. The molecule has 0 aliphatic carbocycles. The highest BCUT2D eigenvalue weighted by molar-refractivity contribution is 7.13. The molecule has 0 spiro atoms. The Bertz CT molecular complexity index is 479. The standard InChI is InChI=1S/C12H15N3S.ClH/c1-2-6-11-10(5-1)12(15-16-11)14-9-4-3-7-13-8-9;/h1-2,5-6,9,13H,3-4,7-8H2,(H,14,15);1H/t9-;/m1./s1. The second-order valence-corrected chi connectivity index (χ2v) is 5.02. The van der Waals surface area contributed by atoms with Crippen molar-refractivity contribution in [3.05, 3.63) is 24.3 Å². The van der Waals surface area contributed by atoms with Crippen molar-refractivity contribution in [2.75, 3.05) is 18.4 Å². The Balaban J connectivity index is 0.00000108. The molecule has 1 atom stereocenters. The fourth-order valence-corrected chi connectivity index (χ4v) is 2.90. The van der Waals surface area contributed by atoms with Crippen LogP contribution in [0.2, 0.25) is 0 Å². The van der Waals surface area contributed by atoms with Crippen molar-refractivity contribution in [1.29, 1.82) is 0 Å². The summed E-state index contributed by atoms with van der Waals surface area (Å²) in [6.45, 7) is 2.20. The van der Waals surface area contributed by atoms with Crippen LogP contribution in [0.1, 0.15) is 12.8 Å². The molecular formula is C12H16ClN3S. The summed E-state index contributed by atoms with van der Waals surface area (Å²) in [5.41, 5.74) is 0. The molecule has 1 aliphatic heterocycles. The Morgan fingerprint density at radius 3 is 3.06 bits per heavy atom. The number of fused-ring (bicyclic) bond motifs is 1. The summed E-state index contributed by atoms with van der Waals surface area (Å²) in [5.74, 6) is 1.05. The largest absolute Gasteiger partial charge is 0.365 e. The number of nitrogens with one attached hydrogen (secondary N) is 2. The van der Waals surface area contributed by atoms with Gasteiger partial charge in [0.05, 0.1) is 4.70 Å². The summed E-state index contributed by atoms with van der Waals surface area (Å²) >= 11 is 1.57. The van der Waals surface area contributed by atoms with Gasteiger partial charge in [-0.15, -0.1) is 12.4 Å². The number of halogens is 1. The van der Waals surface area contributed by atoms with E-state index in [2.05, 4.69) is 39.3 Å². The molecule has 0 unspecified atom stereocenters. The van der Waals surface area contributed by atoms with Crippen LogP contribution in [0, 0.1) is 0 Å². The lowest BCUT2D eigenvalue weighted by Gasteiger charge is -2.23. The maximum absolute atomic E-state index is 4.49. The van der Waals surface area contributed by atoms with E-state index in [1.165, 1.54) is 22.9 Å². The van der Waals surface area contributed by atoms with Crippen LogP contribution < -0.4 is 10.6 Å². The second-order valence-electron chi connectivity index (χ2n) is 4.21. The summed E-state index contributed by atoms with van der Waals surface area (Å²) in [4.78, 5) is 0. The molecule has 92 valence electrons. The quantitative estimate of drug-likeness (QED) is 0.880. The molecule has 0 amide bonds. The highest BCUT2D eigenvalue weighted by Crippen LogP contribution is 2.27. The van der Waals surface area contributed by atoms with E-state index in [-0.39, 0.29) is 12.4 Å². The topological polar surface area (TPSA) is 37.0 Å². The number of anilines is 1. The van der Waals surface area contributed by atoms with Crippen molar-refractivity contribution in [3.8, 4) is 0 Å². The Labute approximate surface area is 111 Å². The van der Waals surface area contributed by atoms with Crippen LogP contribution in [0.15, 0.2) is 24.3 Å². The first-order valence-electron chi connectivity index (χ1n) is 5.75. The summed E-state index contributed by atoms with van der Waals surface area (Å²) in [6, 6.07) is 8.92. The van der Waals surface area contributed by atoms with Crippen LogP contribution in [-0.2, 0) is 0 Å². The number of rotatable bonds is 2. The molecule has 0 bridgehead atoms. The Kier molecular flexibility index (Phi) is 4.20. The van der Waals surface area contributed by atoms with Crippen molar-refractivity contribution < 1.29 is 0 Å². The van der Waals surface area contributed by atoms with Crippen LogP contribution in [0.3, 0.4) is 0 Å². The van der Waals surface area contributed by atoms with Crippen LogP contribution in [0.5, 0.6) is 0 Å². The molecule has 1 aromatic carbocycles. The minimum Gasteiger partial charge on any atom is -0.365 e. The average molecular weight is 270 g/mol. The van der Waals surface area contributed by atoms with E-state index in [0.717, 1.165) is 18.9 Å². The van der Waals surface area contributed by atoms with Gasteiger partial charge in [-0.05, 0) is 43.1 Å². The third-order valence-electron chi connectivity index (χ3n) is 3.02. The summed E-state index contributed by atoms with van der Waals surface area (Å²) in [7, 11) is 0. The van der Waals surface area contributed by atoms with Crippen LogP contribution in [0.4, 0.5) is 5.82 Å². The minimum absolute atomic E-state index is 0.